The van der Waals surface area contributed by atoms with Crippen molar-refractivity contribution in [1.82, 2.24) is 10.2 Å². The van der Waals surface area contributed by atoms with Crippen molar-refractivity contribution in [2.75, 3.05) is 6.54 Å². The molecule has 5 heteroatoms. The highest BCUT2D eigenvalue weighted by atomic mass is 16.4. The minimum Gasteiger partial charge on any atom is -0.478 e. The van der Waals surface area contributed by atoms with Gasteiger partial charge in [-0.1, -0.05) is 12.1 Å². The van der Waals surface area contributed by atoms with Crippen LogP contribution in [-0.2, 0) is 13.0 Å². The average molecular weight is 288 g/mol. The van der Waals surface area contributed by atoms with Crippen LogP contribution in [0.3, 0.4) is 0 Å². The number of nitrogens with one attached hydrogen (secondary N) is 1. The second-order valence-corrected chi connectivity index (χ2v) is 5.34. The molecule has 1 aromatic carbocycles. The Labute approximate surface area is 124 Å². The van der Waals surface area contributed by atoms with Crippen molar-refractivity contribution in [2.45, 2.75) is 32.4 Å². The summed E-state index contributed by atoms with van der Waals surface area (Å²) >= 11 is 0. The number of rotatable bonds is 4. The first kappa shape index (κ1) is 15.1. The van der Waals surface area contributed by atoms with Gasteiger partial charge in [-0.3, -0.25) is 0 Å². The van der Waals surface area contributed by atoms with Crippen LogP contribution in [0.2, 0.25) is 0 Å². The maximum absolute atomic E-state index is 12.2. The van der Waals surface area contributed by atoms with E-state index in [4.69, 9.17) is 5.11 Å². The molecular weight excluding hydrogens is 268 g/mol. The van der Waals surface area contributed by atoms with Crippen molar-refractivity contribution in [3.8, 4) is 0 Å². The lowest BCUT2D eigenvalue weighted by Crippen LogP contribution is -2.45. The van der Waals surface area contributed by atoms with Gasteiger partial charge in [0.1, 0.15) is 0 Å². The first-order chi connectivity index (χ1) is 10.0. The van der Waals surface area contributed by atoms with Gasteiger partial charge in [0.15, 0.2) is 0 Å². The number of carboxylic acid groups (broad SMARTS) is 1. The zero-order valence-electron chi connectivity index (χ0n) is 12.1. The highest BCUT2D eigenvalue weighted by Gasteiger charge is 2.22. The Morgan fingerprint density at radius 3 is 2.90 bits per heavy atom. The van der Waals surface area contributed by atoms with Gasteiger partial charge in [0.05, 0.1) is 5.56 Å². The molecule has 0 bridgehead atoms. The fourth-order valence-electron chi connectivity index (χ4n) is 2.47. The predicted octanol–water partition coefficient (Wildman–Crippen LogP) is 2.42. The standard InChI is InChI=1S/C16H20N2O3/c1-3-4-11(2)17-16(21)18-8-7-12-5-6-13(15(19)20)9-14(12)10-18/h3,5-6,9,11H,1,4,7-8,10H2,2H3,(H,17,21)(H,19,20). The number of benzene rings is 1. The lowest BCUT2D eigenvalue weighted by Gasteiger charge is -2.30. The van der Waals surface area contributed by atoms with Crippen LogP contribution in [0, 0.1) is 0 Å². The minimum atomic E-state index is -0.945. The molecule has 21 heavy (non-hydrogen) atoms. The van der Waals surface area contributed by atoms with Crippen LogP contribution in [0.4, 0.5) is 4.79 Å². The molecule has 0 aliphatic carbocycles. The summed E-state index contributed by atoms with van der Waals surface area (Å²) in [5, 5.41) is 12.0. The van der Waals surface area contributed by atoms with E-state index in [2.05, 4.69) is 11.9 Å². The van der Waals surface area contributed by atoms with E-state index in [1.807, 2.05) is 13.0 Å². The largest absolute Gasteiger partial charge is 0.478 e. The number of aromatic carboxylic acids is 1. The van der Waals surface area contributed by atoms with Crippen LogP contribution >= 0.6 is 0 Å². The zero-order valence-corrected chi connectivity index (χ0v) is 12.1. The molecule has 0 fully saturated rings. The summed E-state index contributed by atoms with van der Waals surface area (Å²) < 4.78 is 0. The second-order valence-electron chi connectivity index (χ2n) is 5.34. The summed E-state index contributed by atoms with van der Waals surface area (Å²) in [4.78, 5) is 24.9. The van der Waals surface area contributed by atoms with Crippen LogP contribution in [0.25, 0.3) is 0 Å². The fraction of sp³-hybridized carbons (Fsp3) is 0.375. The Morgan fingerprint density at radius 1 is 1.48 bits per heavy atom. The molecule has 0 radical (unpaired) electrons. The molecule has 0 saturated carbocycles. The van der Waals surface area contributed by atoms with Gasteiger partial charge in [-0.05, 0) is 43.0 Å². The number of hydrogen-bond donors (Lipinski definition) is 2. The highest BCUT2D eigenvalue weighted by molar-refractivity contribution is 5.88. The fourth-order valence-corrected chi connectivity index (χ4v) is 2.47. The van der Waals surface area contributed by atoms with Crippen molar-refractivity contribution >= 4 is 12.0 Å². The van der Waals surface area contributed by atoms with Crippen LogP contribution in [0.5, 0.6) is 0 Å². The number of carbonyl (C=O) groups is 2. The van der Waals surface area contributed by atoms with Crippen LogP contribution in [0.15, 0.2) is 30.9 Å². The van der Waals surface area contributed by atoms with Gasteiger partial charge in [0, 0.05) is 19.1 Å². The molecule has 1 atom stereocenters. The molecule has 2 amide bonds. The molecule has 1 aliphatic heterocycles. The quantitative estimate of drug-likeness (QED) is 0.836. The molecule has 2 rings (SSSR count). The van der Waals surface area contributed by atoms with Gasteiger partial charge in [-0.25, -0.2) is 9.59 Å². The molecule has 0 saturated heterocycles. The monoisotopic (exact) mass is 288 g/mol. The van der Waals surface area contributed by atoms with Gasteiger partial charge in [0.2, 0.25) is 0 Å². The number of nitrogens with zero attached hydrogens (tertiary/aromatic N) is 1. The molecule has 1 aromatic rings. The molecule has 5 nitrogen and oxygen atoms in total. The summed E-state index contributed by atoms with van der Waals surface area (Å²) in [6.07, 6.45) is 3.24. The molecule has 112 valence electrons. The smallest absolute Gasteiger partial charge is 0.335 e. The molecule has 0 aromatic heterocycles. The van der Waals surface area contributed by atoms with E-state index in [1.165, 1.54) is 0 Å². The van der Waals surface area contributed by atoms with E-state index >= 15 is 0 Å². The number of urea groups is 1. The van der Waals surface area contributed by atoms with Gasteiger partial charge >= 0.3 is 12.0 Å². The predicted molar refractivity (Wildman–Crippen MR) is 80.3 cm³/mol. The first-order valence-corrected chi connectivity index (χ1v) is 7.02. The zero-order chi connectivity index (χ0) is 15.4. The van der Waals surface area contributed by atoms with Crippen LogP contribution < -0.4 is 5.32 Å². The third kappa shape index (κ3) is 3.62. The number of carbonyl (C=O) groups excluding carboxylic acids is 1. The second kappa shape index (κ2) is 6.43. The molecular formula is C16H20N2O3. The molecule has 1 unspecified atom stereocenters. The van der Waals surface area contributed by atoms with E-state index in [0.29, 0.717) is 13.1 Å². The van der Waals surface area contributed by atoms with E-state index in [0.717, 1.165) is 24.0 Å². The number of carboxylic acids is 1. The highest BCUT2D eigenvalue weighted by Crippen LogP contribution is 2.20. The Balaban J connectivity index is 2.07. The SMILES string of the molecule is C=CCC(C)NC(=O)N1CCc2ccc(C(=O)O)cc2C1. The van der Waals surface area contributed by atoms with E-state index in [9.17, 15) is 9.59 Å². The van der Waals surface area contributed by atoms with E-state index < -0.39 is 5.97 Å². The lowest BCUT2D eigenvalue weighted by atomic mass is 9.97. The van der Waals surface area contributed by atoms with Gasteiger partial charge < -0.3 is 15.3 Å². The Kier molecular flexibility index (Phi) is 4.62. The Hall–Kier alpha value is -2.30. The first-order valence-electron chi connectivity index (χ1n) is 7.02. The maximum atomic E-state index is 12.2. The van der Waals surface area contributed by atoms with Gasteiger partial charge in [0.25, 0.3) is 0 Å². The summed E-state index contributed by atoms with van der Waals surface area (Å²) in [6.45, 7) is 6.68. The summed E-state index contributed by atoms with van der Waals surface area (Å²) in [5.41, 5.74) is 2.28. The van der Waals surface area contributed by atoms with Gasteiger partial charge in [-0.15, -0.1) is 6.58 Å². The van der Waals surface area contributed by atoms with Crippen molar-refractivity contribution in [3.63, 3.8) is 0 Å². The van der Waals surface area contributed by atoms with Crippen molar-refractivity contribution in [1.29, 1.82) is 0 Å². The topological polar surface area (TPSA) is 69.6 Å². The molecule has 0 spiro atoms. The van der Waals surface area contributed by atoms with E-state index in [1.54, 1.807) is 23.1 Å². The van der Waals surface area contributed by atoms with Crippen LogP contribution in [-0.4, -0.2) is 34.6 Å². The van der Waals surface area contributed by atoms with Crippen molar-refractivity contribution in [2.24, 2.45) is 0 Å². The number of fused-ring (bicyclic) bond motifs is 1. The third-order valence-corrected chi connectivity index (χ3v) is 3.64. The molecule has 1 aliphatic rings. The normalized spacial score (nSPS) is 15.0. The Morgan fingerprint density at radius 2 is 2.24 bits per heavy atom. The van der Waals surface area contributed by atoms with Crippen molar-refractivity contribution < 1.29 is 14.7 Å². The third-order valence-electron chi connectivity index (χ3n) is 3.64. The maximum Gasteiger partial charge on any atom is 0.335 e. The molecule has 2 N–H and O–H groups in total. The van der Waals surface area contributed by atoms with Gasteiger partial charge in [-0.2, -0.15) is 0 Å². The lowest BCUT2D eigenvalue weighted by molar-refractivity contribution is 0.0696. The average Bonchev–Trinajstić information content (AvgIpc) is 2.46. The summed E-state index contributed by atoms with van der Waals surface area (Å²) in [7, 11) is 0. The molecule has 1 heterocycles. The van der Waals surface area contributed by atoms with Crippen LogP contribution in [0.1, 0.15) is 34.8 Å². The van der Waals surface area contributed by atoms with Crippen molar-refractivity contribution in [3.05, 3.63) is 47.5 Å². The number of amides is 2. The number of hydrogen-bond acceptors (Lipinski definition) is 2. The summed E-state index contributed by atoms with van der Waals surface area (Å²) in [6, 6.07) is 5.04. The van der Waals surface area contributed by atoms with E-state index in [-0.39, 0.29) is 17.6 Å². The Bertz CT molecular complexity index is 569. The minimum absolute atomic E-state index is 0.0433. The summed E-state index contributed by atoms with van der Waals surface area (Å²) in [5.74, 6) is -0.945.